The zero-order valence-electron chi connectivity index (χ0n) is 17.6. The number of furan rings is 1. The summed E-state index contributed by atoms with van der Waals surface area (Å²) >= 11 is 6.26. The van der Waals surface area contributed by atoms with Crippen LogP contribution in [0.4, 0.5) is 5.69 Å². The summed E-state index contributed by atoms with van der Waals surface area (Å²) in [5.41, 5.74) is 0.495. The lowest BCUT2D eigenvalue weighted by Crippen LogP contribution is -2.34. The quantitative estimate of drug-likeness (QED) is 0.637. The zero-order valence-corrected chi connectivity index (χ0v) is 18.4. The van der Waals surface area contributed by atoms with E-state index in [1.807, 2.05) is 13.8 Å². The summed E-state index contributed by atoms with van der Waals surface area (Å²) in [5, 5.41) is 3.08. The Kier molecular flexibility index (Phi) is 7.57. The van der Waals surface area contributed by atoms with Gasteiger partial charge in [0.05, 0.1) is 23.7 Å². The second-order valence-electron chi connectivity index (χ2n) is 7.24. The lowest BCUT2D eigenvalue weighted by Gasteiger charge is -2.19. The molecule has 2 heterocycles. The highest BCUT2D eigenvalue weighted by Crippen LogP contribution is 2.29. The molecule has 9 heteroatoms. The number of likely N-dealkylation sites (tertiary alicyclic amines) is 1. The van der Waals surface area contributed by atoms with E-state index in [1.54, 1.807) is 46.4 Å². The number of rotatable bonds is 9. The number of amides is 3. The molecule has 166 valence electrons. The smallest absolute Gasteiger partial charge is 0.260 e. The van der Waals surface area contributed by atoms with Crippen LogP contribution >= 0.6 is 11.6 Å². The maximum atomic E-state index is 12.6. The molecule has 0 aliphatic carbocycles. The molecule has 1 fully saturated rings. The van der Waals surface area contributed by atoms with Gasteiger partial charge in [-0.1, -0.05) is 11.6 Å². The van der Waals surface area contributed by atoms with Gasteiger partial charge in [-0.2, -0.15) is 0 Å². The van der Waals surface area contributed by atoms with Crippen molar-refractivity contribution in [3.63, 3.8) is 0 Å². The van der Waals surface area contributed by atoms with Gasteiger partial charge in [0.25, 0.3) is 5.91 Å². The number of nitrogens with zero attached hydrogens (tertiary/aromatic N) is 2. The Morgan fingerprint density at radius 1 is 1.29 bits per heavy atom. The van der Waals surface area contributed by atoms with Gasteiger partial charge in [0.15, 0.2) is 6.61 Å². The summed E-state index contributed by atoms with van der Waals surface area (Å²) in [6.45, 7) is 5.59. The van der Waals surface area contributed by atoms with Crippen molar-refractivity contribution in [2.75, 3.05) is 31.6 Å². The Balaban J connectivity index is 1.54. The van der Waals surface area contributed by atoms with Crippen LogP contribution in [0.15, 0.2) is 41.0 Å². The predicted molar refractivity (Wildman–Crippen MR) is 116 cm³/mol. The second kappa shape index (κ2) is 10.3. The highest BCUT2D eigenvalue weighted by atomic mass is 35.5. The summed E-state index contributed by atoms with van der Waals surface area (Å²) < 4.78 is 10.8. The number of ether oxygens (including phenoxy) is 1. The first-order chi connectivity index (χ1) is 14.9. The molecule has 1 aromatic carbocycles. The van der Waals surface area contributed by atoms with Gasteiger partial charge in [0, 0.05) is 31.7 Å². The van der Waals surface area contributed by atoms with E-state index >= 15 is 0 Å². The molecule has 0 bridgehead atoms. The van der Waals surface area contributed by atoms with Crippen LogP contribution < -0.4 is 10.1 Å². The Morgan fingerprint density at radius 3 is 2.71 bits per heavy atom. The van der Waals surface area contributed by atoms with Crippen LogP contribution in [0.5, 0.6) is 5.75 Å². The standard InChI is InChI=1S/C22H26ClN3O5/c1-3-25(4-2)21(28)14-31-19-8-7-16(11-18(19)23)24-22(29)15-10-20(27)26(12-15)13-17-6-5-9-30-17/h5-9,11,15H,3-4,10,12-14H2,1-2H3,(H,24,29). The first-order valence-electron chi connectivity index (χ1n) is 10.2. The van der Waals surface area contributed by atoms with Crippen LogP contribution in [0.2, 0.25) is 5.02 Å². The molecule has 0 radical (unpaired) electrons. The molecule has 2 aromatic rings. The summed E-state index contributed by atoms with van der Waals surface area (Å²) in [5.74, 6) is 0.123. The number of carbonyl (C=O) groups is 3. The number of carbonyl (C=O) groups excluding carboxylic acids is 3. The molecule has 0 saturated carbocycles. The van der Waals surface area contributed by atoms with Crippen molar-refractivity contribution < 1.29 is 23.5 Å². The SMILES string of the molecule is CCN(CC)C(=O)COc1ccc(NC(=O)C2CC(=O)N(Cc3ccco3)C2)cc1Cl. The monoisotopic (exact) mass is 447 g/mol. The summed E-state index contributed by atoms with van der Waals surface area (Å²) in [6.07, 6.45) is 1.70. The number of hydrogen-bond donors (Lipinski definition) is 1. The topological polar surface area (TPSA) is 92.1 Å². The molecule has 1 aliphatic heterocycles. The van der Waals surface area contributed by atoms with Crippen molar-refractivity contribution in [2.24, 2.45) is 5.92 Å². The highest BCUT2D eigenvalue weighted by molar-refractivity contribution is 6.32. The van der Waals surface area contributed by atoms with E-state index in [4.69, 9.17) is 20.8 Å². The van der Waals surface area contributed by atoms with E-state index in [1.165, 1.54) is 0 Å². The van der Waals surface area contributed by atoms with Crippen molar-refractivity contribution in [3.05, 3.63) is 47.4 Å². The van der Waals surface area contributed by atoms with Crippen molar-refractivity contribution in [1.29, 1.82) is 0 Å². The molecule has 1 N–H and O–H groups in total. The van der Waals surface area contributed by atoms with E-state index in [9.17, 15) is 14.4 Å². The molecular formula is C22H26ClN3O5. The fourth-order valence-electron chi connectivity index (χ4n) is 3.44. The number of benzene rings is 1. The largest absolute Gasteiger partial charge is 0.482 e. The van der Waals surface area contributed by atoms with Crippen LogP contribution in [-0.4, -0.2) is 53.8 Å². The van der Waals surface area contributed by atoms with Gasteiger partial charge < -0.3 is 24.3 Å². The second-order valence-corrected chi connectivity index (χ2v) is 7.65. The fourth-order valence-corrected chi connectivity index (χ4v) is 3.67. The van der Waals surface area contributed by atoms with E-state index < -0.39 is 5.92 Å². The Hall–Kier alpha value is -3.00. The third-order valence-corrected chi connectivity index (χ3v) is 5.47. The minimum atomic E-state index is -0.455. The molecule has 3 amide bonds. The van der Waals surface area contributed by atoms with Crippen molar-refractivity contribution >= 4 is 35.0 Å². The summed E-state index contributed by atoms with van der Waals surface area (Å²) in [4.78, 5) is 40.2. The van der Waals surface area contributed by atoms with Crippen LogP contribution in [0.3, 0.4) is 0 Å². The minimum absolute atomic E-state index is 0.0869. The molecule has 0 spiro atoms. The zero-order chi connectivity index (χ0) is 22.4. The minimum Gasteiger partial charge on any atom is -0.482 e. The summed E-state index contributed by atoms with van der Waals surface area (Å²) in [7, 11) is 0. The third kappa shape index (κ3) is 5.79. The van der Waals surface area contributed by atoms with Gasteiger partial charge in [-0.25, -0.2) is 0 Å². The Morgan fingerprint density at radius 2 is 2.06 bits per heavy atom. The number of nitrogens with one attached hydrogen (secondary N) is 1. The molecular weight excluding hydrogens is 422 g/mol. The van der Waals surface area contributed by atoms with Gasteiger partial charge >= 0.3 is 0 Å². The predicted octanol–water partition coefficient (Wildman–Crippen LogP) is 3.17. The molecule has 1 atom stereocenters. The number of halogens is 1. The number of hydrogen-bond acceptors (Lipinski definition) is 5. The summed E-state index contributed by atoms with van der Waals surface area (Å²) in [6, 6.07) is 8.38. The fraction of sp³-hybridized carbons (Fsp3) is 0.409. The molecule has 1 aliphatic rings. The van der Waals surface area contributed by atoms with Crippen LogP contribution in [0.1, 0.15) is 26.0 Å². The van der Waals surface area contributed by atoms with Gasteiger partial charge in [-0.15, -0.1) is 0 Å². The normalized spacial score (nSPS) is 15.8. The molecule has 3 rings (SSSR count). The van der Waals surface area contributed by atoms with E-state index in [-0.39, 0.29) is 35.8 Å². The first-order valence-corrected chi connectivity index (χ1v) is 10.6. The van der Waals surface area contributed by atoms with Crippen molar-refractivity contribution in [1.82, 2.24) is 9.80 Å². The maximum Gasteiger partial charge on any atom is 0.260 e. The van der Waals surface area contributed by atoms with Gasteiger partial charge in [-0.05, 0) is 44.2 Å². The van der Waals surface area contributed by atoms with Crippen LogP contribution in [-0.2, 0) is 20.9 Å². The molecule has 8 nitrogen and oxygen atoms in total. The average molecular weight is 448 g/mol. The van der Waals surface area contributed by atoms with Crippen molar-refractivity contribution in [2.45, 2.75) is 26.8 Å². The van der Waals surface area contributed by atoms with Crippen LogP contribution in [0.25, 0.3) is 0 Å². The molecule has 1 saturated heterocycles. The number of anilines is 1. The van der Waals surface area contributed by atoms with Crippen LogP contribution in [0, 0.1) is 5.92 Å². The van der Waals surface area contributed by atoms with Crippen molar-refractivity contribution in [3.8, 4) is 5.75 Å². The van der Waals surface area contributed by atoms with Gasteiger partial charge in [0.2, 0.25) is 11.8 Å². The van der Waals surface area contributed by atoms with Gasteiger partial charge in [0.1, 0.15) is 11.5 Å². The van der Waals surface area contributed by atoms with E-state index in [2.05, 4.69) is 5.32 Å². The van der Waals surface area contributed by atoms with E-state index in [0.717, 1.165) is 0 Å². The lowest BCUT2D eigenvalue weighted by atomic mass is 10.1. The highest BCUT2D eigenvalue weighted by Gasteiger charge is 2.34. The molecule has 1 aromatic heterocycles. The Bertz CT molecular complexity index is 927. The lowest BCUT2D eigenvalue weighted by molar-refractivity contribution is -0.133. The maximum absolute atomic E-state index is 12.6. The molecule has 1 unspecified atom stereocenters. The third-order valence-electron chi connectivity index (χ3n) is 5.18. The van der Waals surface area contributed by atoms with Gasteiger partial charge in [-0.3, -0.25) is 14.4 Å². The van der Waals surface area contributed by atoms with E-state index in [0.29, 0.717) is 43.4 Å². The Labute approximate surface area is 186 Å². The average Bonchev–Trinajstić information content (AvgIpc) is 3.38. The first kappa shape index (κ1) is 22.7. The number of likely N-dealkylation sites (N-methyl/N-ethyl adjacent to an activating group) is 1. The molecule has 31 heavy (non-hydrogen) atoms.